The molecule has 0 aliphatic heterocycles. The Balaban J connectivity index is 0.000000791. The van der Waals surface area contributed by atoms with E-state index >= 15 is 0 Å². The molecule has 0 atom stereocenters. The van der Waals surface area contributed by atoms with Gasteiger partial charge in [-0.05, 0) is 24.0 Å². The van der Waals surface area contributed by atoms with Crippen LogP contribution in [0.25, 0.3) is 0 Å². The maximum atomic E-state index is 8.00. The molecule has 1 aliphatic rings. The van der Waals surface area contributed by atoms with Crippen LogP contribution in [-0.2, 0) is 4.79 Å². The van der Waals surface area contributed by atoms with Crippen LogP contribution in [0.5, 0.6) is 0 Å². The van der Waals surface area contributed by atoms with Crippen molar-refractivity contribution in [1.82, 2.24) is 0 Å². The molecule has 0 radical (unpaired) electrons. The molecule has 0 saturated heterocycles. The normalized spacial score (nSPS) is 14.1. The van der Waals surface area contributed by atoms with Crippen LogP contribution in [0.3, 0.4) is 0 Å². The maximum absolute atomic E-state index is 8.00. The largest absolute Gasteiger partial charge is 0.307 e. The van der Waals surface area contributed by atoms with Crippen molar-refractivity contribution in [3.63, 3.8) is 0 Å². The molecule has 74 valence electrons. The Labute approximate surface area is 85.8 Å². The summed E-state index contributed by atoms with van der Waals surface area (Å²) in [7, 11) is 0. The third-order valence-corrected chi connectivity index (χ3v) is 1.86. The van der Waals surface area contributed by atoms with Crippen LogP contribution in [0.1, 0.15) is 12.8 Å². The Kier molecular flexibility index (Phi) is 7.06. The summed E-state index contributed by atoms with van der Waals surface area (Å²) < 4.78 is 0. The summed E-state index contributed by atoms with van der Waals surface area (Å²) in [6.45, 7) is 9.60. The van der Waals surface area contributed by atoms with Gasteiger partial charge in [0.15, 0.2) is 0 Å². The smallest absolute Gasteiger partial charge is 0.106 e. The van der Waals surface area contributed by atoms with E-state index < -0.39 is 0 Å². The van der Waals surface area contributed by atoms with Crippen molar-refractivity contribution in [1.29, 1.82) is 0 Å². The summed E-state index contributed by atoms with van der Waals surface area (Å²) in [5.74, 6) is 0. The van der Waals surface area contributed by atoms with Crippen molar-refractivity contribution in [2.24, 2.45) is 0 Å². The molecule has 0 bridgehead atoms. The molecule has 1 aliphatic carbocycles. The lowest BCUT2D eigenvalue weighted by atomic mass is 9.98. The molecule has 1 nitrogen and oxygen atoms in total. The summed E-state index contributed by atoms with van der Waals surface area (Å²) in [6, 6.07) is 0. The molecule has 0 aromatic carbocycles. The minimum atomic E-state index is 1.10. The first-order chi connectivity index (χ1) is 6.84. The average Bonchev–Trinajstić information content (AvgIpc) is 2.30. The summed E-state index contributed by atoms with van der Waals surface area (Å²) in [6.07, 6.45) is 14.3. The van der Waals surface area contributed by atoms with Gasteiger partial charge in [-0.2, -0.15) is 0 Å². The number of allylic oxidation sites excluding steroid dienone is 8. The number of carbonyl (C=O) groups excluding carboxylic acids is 1. The van der Waals surface area contributed by atoms with Gasteiger partial charge in [0.1, 0.15) is 6.79 Å². The molecule has 0 heterocycles. The number of carbonyl (C=O) groups is 1. The van der Waals surface area contributed by atoms with E-state index in [1.54, 1.807) is 6.08 Å². The predicted molar refractivity (Wildman–Crippen MR) is 62.1 cm³/mol. The van der Waals surface area contributed by atoms with Crippen LogP contribution in [0.2, 0.25) is 0 Å². The zero-order valence-electron chi connectivity index (χ0n) is 8.41. The topological polar surface area (TPSA) is 17.1 Å². The Morgan fingerprint density at radius 3 is 2.64 bits per heavy atom. The number of hydrogen-bond acceptors (Lipinski definition) is 1. The van der Waals surface area contributed by atoms with Gasteiger partial charge in [-0.25, -0.2) is 0 Å². The lowest BCUT2D eigenvalue weighted by Gasteiger charge is -2.07. The van der Waals surface area contributed by atoms with Gasteiger partial charge >= 0.3 is 0 Å². The molecule has 0 unspecified atom stereocenters. The van der Waals surface area contributed by atoms with E-state index in [9.17, 15) is 0 Å². The first-order valence-electron chi connectivity index (χ1n) is 4.47. The second-order valence-corrected chi connectivity index (χ2v) is 2.78. The standard InChI is InChI=1S/C12H14.CH2O/c1-3-4-8-11(2)12-9-6-5-7-10-12;1-2/h3-6,8-9H,1-2,7,10H2;1H2/b8-4-;. The zero-order valence-corrected chi connectivity index (χ0v) is 8.41. The van der Waals surface area contributed by atoms with Gasteiger partial charge in [0.05, 0.1) is 0 Å². The van der Waals surface area contributed by atoms with Crippen molar-refractivity contribution in [3.8, 4) is 0 Å². The van der Waals surface area contributed by atoms with E-state index in [1.165, 1.54) is 5.57 Å². The molecule has 0 aromatic heterocycles. The molecular formula is C13H16O. The SMILES string of the molecule is C=C/C=C\C(=C)C1=CC=CCC1.C=O. The van der Waals surface area contributed by atoms with Crippen LogP contribution in [-0.4, -0.2) is 6.79 Å². The Morgan fingerprint density at radius 2 is 2.14 bits per heavy atom. The monoisotopic (exact) mass is 188 g/mol. The van der Waals surface area contributed by atoms with E-state index in [0.717, 1.165) is 18.4 Å². The molecule has 1 rings (SSSR count). The highest BCUT2D eigenvalue weighted by atomic mass is 16.1. The first kappa shape index (κ1) is 12.4. The van der Waals surface area contributed by atoms with Crippen LogP contribution >= 0.6 is 0 Å². The minimum Gasteiger partial charge on any atom is -0.307 e. The van der Waals surface area contributed by atoms with E-state index in [1.807, 2.05) is 18.9 Å². The van der Waals surface area contributed by atoms with Crippen molar-refractivity contribution in [2.75, 3.05) is 0 Å². The van der Waals surface area contributed by atoms with Gasteiger partial charge in [0.25, 0.3) is 0 Å². The van der Waals surface area contributed by atoms with E-state index in [2.05, 4.69) is 31.4 Å². The molecule has 0 aromatic rings. The Bertz CT molecular complexity index is 280. The fourth-order valence-corrected chi connectivity index (χ4v) is 1.16. The minimum absolute atomic E-state index is 1.10. The van der Waals surface area contributed by atoms with Gasteiger partial charge in [0.2, 0.25) is 0 Å². The molecule has 0 saturated carbocycles. The van der Waals surface area contributed by atoms with Crippen molar-refractivity contribution >= 4 is 6.79 Å². The van der Waals surface area contributed by atoms with Crippen molar-refractivity contribution in [3.05, 3.63) is 60.8 Å². The highest BCUT2D eigenvalue weighted by molar-refractivity contribution is 5.41. The van der Waals surface area contributed by atoms with Crippen molar-refractivity contribution in [2.45, 2.75) is 12.8 Å². The molecule has 0 N–H and O–H groups in total. The average molecular weight is 188 g/mol. The van der Waals surface area contributed by atoms with Crippen LogP contribution in [0.15, 0.2) is 60.8 Å². The fraction of sp³-hybridized carbons (Fsp3) is 0.154. The van der Waals surface area contributed by atoms with Crippen molar-refractivity contribution < 1.29 is 4.79 Å². The molecule has 14 heavy (non-hydrogen) atoms. The quantitative estimate of drug-likeness (QED) is 0.620. The Hall–Kier alpha value is -1.63. The van der Waals surface area contributed by atoms with Gasteiger partial charge in [-0.3, -0.25) is 0 Å². The second-order valence-electron chi connectivity index (χ2n) is 2.78. The van der Waals surface area contributed by atoms with Crippen LogP contribution < -0.4 is 0 Å². The third kappa shape index (κ3) is 4.41. The fourth-order valence-electron chi connectivity index (χ4n) is 1.16. The Morgan fingerprint density at radius 1 is 1.43 bits per heavy atom. The molecule has 0 fully saturated rings. The molecule has 0 spiro atoms. The van der Waals surface area contributed by atoms with Crippen LogP contribution in [0.4, 0.5) is 0 Å². The molecular weight excluding hydrogens is 172 g/mol. The highest BCUT2D eigenvalue weighted by Crippen LogP contribution is 2.19. The van der Waals surface area contributed by atoms with E-state index in [-0.39, 0.29) is 0 Å². The van der Waals surface area contributed by atoms with E-state index in [4.69, 9.17) is 4.79 Å². The molecule has 1 heteroatoms. The summed E-state index contributed by atoms with van der Waals surface area (Å²) in [4.78, 5) is 8.00. The summed E-state index contributed by atoms with van der Waals surface area (Å²) >= 11 is 0. The van der Waals surface area contributed by atoms with Gasteiger partial charge in [0, 0.05) is 0 Å². The summed E-state index contributed by atoms with van der Waals surface area (Å²) in [5, 5.41) is 0. The lowest BCUT2D eigenvalue weighted by Crippen LogP contribution is -1.88. The number of hydrogen-bond donors (Lipinski definition) is 0. The number of rotatable bonds is 3. The van der Waals surface area contributed by atoms with Gasteiger partial charge in [-0.1, -0.05) is 49.6 Å². The first-order valence-corrected chi connectivity index (χ1v) is 4.47. The molecule has 0 amide bonds. The van der Waals surface area contributed by atoms with Gasteiger partial charge < -0.3 is 4.79 Å². The second kappa shape index (κ2) is 7.99. The van der Waals surface area contributed by atoms with Crippen LogP contribution in [0, 0.1) is 0 Å². The highest BCUT2D eigenvalue weighted by Gasteiger charge is 1.99. The zero-order chi connectivity index (χ0) is 10.8. The van der Waals surface area contributed by atoms with Gasteiger partial charge in [-0.15, -0.1) is 0 Å². The maximum Gasteiger partial charge on any atom is 0.106 e. The van der Waals surface area contributed by atoms with E-state index in [0.29, 0.717) is 0 Å². The third-order valence-electron chi connectivity index (χ3n) is 1.86. The predicted octanol–water partition coefficient (Wildman–Crippen LogP) is 3.38. The lowest BCUT2D eigenvalue weighted by molar-refractivity contribution is -0.0979. The summed E-state index contributed by atoms with van der Waals surface area (Å²) in [5.41, 5.74) is 2.43.